The van der Waals surface area contributed by atoms with Gasteiger partial charge in [0.1, 0.15) is 11.6 Å². The Labute approximate surface area is 163 Å². The fourth-order valence-electron chi connectivity index (χ4n) is 2.18. The van der Waals surface area contributed by atoms with Crippen LogP contribution >= 0.6 is 0 Å². The number of ether oxygens (including phenoxy) is 1. The predicted octanol–water partition coefficient (Wildman–Crippen LogP) is 4.88. The van der Waals surface area contributed by atoms with Gasteiger partial charge in [0.25, 0.3) is 0 Å². The monoisotopic (exact) mass is 368 g/mol. The molecule has 0 radical (unpaired) electrons. The first-order valence-corrected chi connectivity index (χ1v) is 9.46. The van der Waals surface area contributed by atoms with Crippen molar-refractivity contribution in [3.05, 3.63) is 66.5 Å². The van der Waals surface area contributed by atoms with E-state index < -0.39 is 0 Å². The van der Waals surface area contributed by atoms with Crippen LogP contribution in [0.15, 0.2) is 60.4 Å². The molecular weight excluding hydrogens is 336 g/mol. The van der Waals surface area contributed by atoms with Crippen molar-refractivity contribution in [3.8, 4) is 11.6 Å². The average Bonchev–Trinajstić information content (AvgIpc) is 2.69. The van der Waals surface area contributed by atoms with Crippen molar-refractivity contribution in [2.24, 2.45) is 16.6 Å². The number of hydrogen-bond acceptors (Lipinski definition) is 4. The average molecular weight is 369 g/mol. The quantitative estimate of drug-likeness (QED) is 0.376. The Morgan fingerprint density at radius 2 is 1.93 bits per heavy atom. The Hall–Kier alpha value is -2.66. The van der Waals surface area contributed by atoms with E-state index in [-0.39, 0.29) is 0 Å². The summed E-state index contributed by atoms with van der Waals surface area (Å²) in [6.07, 6.45) is 4.22. The van der Waals surface area contributed by atoms with Gasteiger partial charge in [-0.05, 0) is 42.6 Å². The fourth-order valence-corrected chi connectivity index (χ4v) is 2.18. The van der Waals surface area contributed by atoms with Crippen LogP contribution in [0.4, 0.5) is 0 Å². The summed E-state index contributed by atoms with van der Waals surface area (Å²) in [6, 6.07) is 11.6. The molecule has 0 aliphatic rings. The van der Waals surface area contributed by atoms with Crippen LogP contribution in [-0.2, 0) is 6.54 Å². The van der Waals surface area contributed by atoms with Gasteiger partial charge in [0, 0.05) is 30.6 Å². The third-order valence-corrected chi connectivity index (χ3v) is 3.64. The summed E-state index contributed by atoms with van der Waals surface area (Å²) in [5, 5.41) is 3.45. The molecule has 0 saturated carbocycles. The molecule has 0 saturated heterocycles. The molecular formula is C22H32N4O. The molecule has 0 bridgehead atoms. The molecule has 0 unspecified atom stereocenters. The van der Waals surface area contributed by atoms with E-state index in [4.69, 9.17) is 10.5 Å². The van der Waals surface area contributed by atoms with Gasteiger partial charge in [-0.3, -0.25) is 0 Å². The second-order valence-corrected chi connectivity index (χ2v) is 6.19. The largest absolute Gasteiger partial charge is 0.439 e. The van der Waals surface area contributed by atoms with Crippen LogP contribution in [0.5, 0.6) is 11.6 Å². The molecule has 2 aromatic rings. The van der Waals surface area contributed by atoms with Crippen LogP contribution < -0.4 is 15.8 Å². The number of nitrogens with one attached hydrogen (secondary N) is 1. The van der Waals surface area contributed by atoms with Crippen molar-refractivity contribution in [2.45, 2.75) is 40.7 Å². The molecule has 3 N–H and O–H groups in total. The zero-order valence-electron chi connectivity index (χ0n) is 16.9. The molecule has 1 aromatic heterocycles. The molecule has 1 heterocycles. The molecule has 1 aromatic carbocycles. The normalized spacial score (nSPS) is 10.9. The number of aliphatic imine (C=N–C) groups is 1. The maximum absolute atomic E-state index is 5.78. The van der Waals surface area contributed by atoms with Crippen LogP contribution in [0.3, 0.4) is 0 Å². The summed E-state index contributed by atoms with van der Waals surface area (Å²) in [4.78, 5) is 8.18. The third-order valence-electron chi connectivity index (χ3n) is 3.64. The van der Waals surface area contributed by atoms with E-state index >= 15 is 0 Å². The van der Waals surface area contributed by atoms with E-state index in [1.165, 1.54) is 18.2 Å². The Balaban J connectivity index is 0.00000176. The lowest BCUT2D eigenvalue weighted by Crippen LogP contribution is -2.16. The molecule has 0 fully saturated rings. The second-order valence-electron chi connectivity index (χ2n) is 6.19. The van der Waals surface area contributed by atoms with Crippen molar-refractivity contribution < 1.29 is 4.74 Å². The minimum absolute atomic E-state index is 0.378. The highest BCUT2D eigenvalue weighted by atomic mass is 16.5. The maximum atomic E-state index is 5.78. The minimum Gasteiger partial charge on any atom is -0.439 e. The molecule has 0 amide bonds. The summed E-state index contributed by atoms with van der Waals surface area (Å²) in [7, 11) is 0. The van der Waals surface area contributed by atoms with Gasteiger partial charge in [-0.1, -0.05) is 46.4 Å². The van der Waals surface area contributed by atoms with Gasteiger partial charge >= 0.3 is 0 Å². The highest BCUT2D eigenvalue weighted by molar-refractivity contribution is 5.97. The molecule has 0 atom stereocenters. The van der Waals surface area contributed by atoms with Crippen LogP contribution in [0, 0.1) is 5.92 Å². The van der Waals surface area contributed by atoms with E-state index in [1.807, 2.05) is 32.0 Å². The number of rotatable bonds is 9. The first-order chi connectivity index (χ1) is 13.1. The van der Waals surface area contributed by atoms with E-state index in [0.717, 1.165) is 30.3 Å². The van der Waals surface area contributed by atoms with Gasteiger partial charge in [0.05, 0.1) is 0 Å². The molecule has 0 aliphatic carbocycles. The van der Waals surface area contributed by atoms with Crippen LogP contribution in [0.2, 0.25) is 0 Å². The lowest BCUT2D eigenvalue weighted by atomic mass is 10.1. The van der Waals surface area contributed by atoms with Gasteiger partial charge in [0.2, 0.25) is 5.88 Å². The molecule has 146 valence electrons. The first-order valence-electron chi connectivity index (χ1n) is 9.46. The van der Waals surface area contributed by atoms with E-state index in [9.17, 15) is 0 Å². The van der Waals surface area contributed by atoms with Crippen LogP contribution in [-0.4, -0.2) is 17.4 Å². The predicted molar refractivity (Wildman–Crippen MR) is 114 cm³/mol. The Bertz CT molecular complexity index is 691. The summed E-state index contributed by atoms with van der Waals surface area (Å²) in [6.45, 7) is 13.9. The summed E-state index contributed by atoms with van der Waals surface area (Å²) >= 11 is 0. The van der Waals surface area contributed by atoms with Crippen molar-refractivity contribution in [2.75, 3.05) is 6.54 Å². The second kappa shape index (κ2) is 12.7. The summed E-state index contributed by atoms with van der Waals surface area (Å²) < 4.78 is 5.75. The number of aromatic nitrogens is 1. The number of amidine groups is 1. The molecule has 27 heavy (non-hydrogen) atoms. The zero-order valence-corrected chi connectivity index (χ0v) is 16.9. The van der Waals surface area contributed by atoms with Crippen LogP contribution in [0.1, 0.15) is 45.2 Å². The summed E-state index contributed by atoms with van der Waals surface area (Å²) in [5.41, 5.74) is 7.74. The smallest absolute Gasteiger partial charge is 0.219 e. The van der Waals surface area contributed by atoms with Gasteiger partial charge in [-0.25, -0.2) is 9.98 Å². The maximum Gasteiger partial charge on any atom is 0.219 e. The number of hydrogen-bond donors (Lipinski definition) is 2. The standard InChI is InChI=1S/C20H26N4O.C2H6/c1-4-23-20(21)17-7-10-19(24-14-17)25-18-8-5-16(6-9-18)13-22-12-11-15(2)3;1-2/h4-10,14-15,22H,1,11-13H2,2-3H3,(H2,21,23);1-2H3. The summed E-state index contributed by atoms with van der Waals surface area (Å²) in [5.74, 6) is 2.36. The molecule has 0 aliphatic heterocycles. The van der Waals surface area contributed by atoms with Crippen molar-refractivity contribution in [1.29, 1.82) is 0 Å². The number of benzene rings is 1. The van der Waals surface area contributed by atoms with Crippen molar-refractivity contribution in [1.82, 2.24) is 10.3 Å². The lowest BCUT2D eigenvalue weighted by molar-refractivity contribution is 0.462. The third kappa shape index (κ3) is 8.51. The first kappa shape index (κ1) is 22.4. The van der Waals surface area contributed by atoms with Crippen molar-refractivity contribution >= 4 is 5.84 Å². The van der Waals surface area contributed by atoms with Gasteiger partial charge < -0.3 is 15.8 Å². The van der Waals surface area contributed by atoms with Crippen LogP contribution in [0.25, 0.3) is 0 Å². The van der Waals surface area contributed by atoms with Crippen molar-refractivity contribution in [3.63, 3.8) is 0 Å². The molecule has 5 heteroatoms. The Kier molecular flexibility index (Phi) is 10.5. The van der Waals surface area contributed by atoms with Gasteiger partial charge in [-0.15, -0.1) is 0 Å². The van der Waals surface area contributed by atoms with E-state index in [0.29, 0.717) is 11.7 Å². The lowest BCUT2D eigenvalue weighted by Gasteiger charge is -2.09. The SMILES string of the molecule is C=CN=C(N)c1ccc(Oc2ccc(CNCCC(C)C)cc2)nc1.CC. The number of pyridine rings is 1. The minimum atomic E-state index is 0.378. The fraction of sp³-hybridized carbons (Fsp3) is 0.364. The highest BCUT2D eigenvalue weighted by Crippen LogP contribution is 2.20. The highest BCUT2D eigenvalue weighted by Gasteiger charge is 2.02. The Morgan fingerprint density at radius 3 is 2.48 bits per heavy atom. The van der Waals surface area contributed by atoms with E-state index in [2.05, 4.69) is 47.9 Å². The molecule has 2 rings (SSSR count). The Morgan fingerprint density at radius 1 is 1.22 bits per heavy atom. The van der Waals surface area contributed by atoms with Gasteiger partial charge in [-0.2, -0.15) is 0 Å². The zero-order chi connectivity index (χ0) is 20.1. The van der Waals surface area contributed by atoms with E-state index in [1.54, 1.807) is 12.3 Å². The number of nitrogens with zero attached hydrogens (tertiary/aromatic N) is 2. The number of nitrogens with two attached hydrogens (primary N) is 1. The topological polar surface area (TPSA) is 72.5 Å². The molecule has 5 nitrogen and oxygen atoms in total. The van der Waals surface area contributed by atoms with Gasteiger partial charge in [0.15, 0.2) is 0 Å². The molecule has 0 spiro atoms.